The van der Waals surface area contributed by atoms with Gasteiger partial charge >= 0.3 is 0 Å². The van der Waals surface area contributed by atoms with Gasteiger partial charge in [0.1, 0.15) is 11.6 Å². The Morgan fingerprint density at radius 1 is 1.22 bits per heavy atom. The van der Waals surface area contributed by atoms with Gasteiger partial charge in [-0.05, 0) is 59.7 Å². The second-order valence-corrected chi connectivity index (χ2v) is 11.6. The summed E-state index contributed by atoms with van der Waals surface area (Å²) in [5.74, 6) is -12.4. The van der Waals surface area contributed by atoms with Gasteiger partial charge in [0.25, 0.3) is 0 Å². The molecule has 6 atom stereocenters. The average Bonchev–Trinajstić information content (AvgIpc) is 2.76. The van der Waals surface area contributed by atoms with Crippen LogP contribution in [-0.4, -0.2) is 75.4 Å². The summed E-state index contributed by atoms with van der Waals surface area (Å²) in [4.78, 5) is 66.9. The summed E-state index contributed by atoms with van der Waals surface area (Å²) in [5, 5.41) is 25.3. The van der Waals surface area contributed by atoms with Crippen molar-refractivity contribution in [2.45, 2.75) is 57.3 Å². The van der Waals surface area contributed by atoms with Gasteiger partial charge < -0.3 is 21.3 Å². The van der Waals surface area contributed by atoms with E-state index in [1.165, 1.54) is 19.0 Å². The van der Waals surface area contributed by atoms with Crippen molar-refractivity contribution in [3.05, 3.63) is 28.6 Å². The van der Waals surface area contributed by atoms with Crippen LogP contribution in [0.3, 0.4) is 0 Å². The summed E-state index contributed by atoms with van der Waals surface area (Å²) in [6.07, 6.45) is -0.247. The molecule has 3 aliphatic carbocycles. The van der Waals surface area contributed by atoms with Gasteiger partial charge in [-0.3, -0.25) is 28.9 Å². The van der Waals surface area contributed by atoms with E-state index in [1.54, 1.807) is 0 Å². The molecule has 0 saturated heterocycles. The SMILES string of the molecule is CN(C)[C@@H]1C(=O)C(C(N)=O)C(=O)[C@@]2(O)C(=O)C3C(=O)c4c(O)cc(CNC(C)(C)C)c(F)c4C[C@H]3C[C@@H]12. The van der Waals surface area contributed by atoms with E-state index in [-0.39, 0.29) is 41.6 Å². The summed E-state index contributed by atoms with van der Waals surface area (Å²) in [6, 6.07) is -0.0758. The van der Waals surface area contributed by atoms with Crippen LogP contribution in [0.25, 0.3) is 0 Å². The summed E-state index contributed by atoms with van der Waals surface area (Å²) >= 11 is 0. The second kappa shape index (κ2) is 8.78. The maximum atomic E-state index is 15.6. The predicted octanol–water partition coefficient (Wildman–Crippen LogP) is -0.106. The number of amides is 1. The van der Waals surface area contributed by atoms with Gasteiger partial charge in [-0.15, -0.1) is 0 Å². The maximum absolute atomic E-state index is 15.6. The number of nitrogens with one attached hydrogen (secondary N) is 1. The Hall–Kier alpha value is -3.02. The molecule has 4 rings (SSSR count). The Labute approximate surface area is 213 Å². The molecule has 0 heterocycles. The molecule has 0 aliphatic heterocycles. The number of aliphatic hydroxyl groups is 1. The molecule has 0 aromatic heterocycles. The van der Waals surface area contributed by atoms with E-state index in [1.807, 2.05) is 20.8 Å². The zero-order valence-corrected chi connectivity index (χ0v) is 21.4. The minimum atomic E-state index is -2.80. The molecule has 200 valence electrons. The average molecular weight is 518 g/mol. The largest absolute Gasteiger partial charge is 0.507 e. The highest BCUT2D eigenvalue weighted by molar-refractivity contribution is 6.32. The first-order valence-corrected chi connectivity index (χ1v) is 12.1. The minimum Gasteiger partial charge on any atom is -0.507 e. The highest BCUT2D eigenvalue weighted by Crippen LogP contribution is 2.51. The number of phenols is 1. The number of ketones is 4. The summed E-state index contributed by atoms with van der Waals surface area (Å²) < 4.78 is 15.6. The lowest BCUT2D eigenvalue weighted by Crippen LogP contribution is -2.74. The van der Waals surface area contributed by atoms with Gasteiger partial charge in [0, 0.05) is 29.1 Å². The highest BCUT2D eigenvalue weighted by Gasteiger charge is 2.69. The molecule has 0 bridgehead atoms. The van der Waals surface area contributed by atoms with Crippen LogP contribution >= 0.6 is 0 Å². The van der Waals surface area contributed by atoms with Crippen molar-refractivity contribution in [3.8, 4) is 5.75 Å². The van der Waals surface area contributed by atoms with Gasteiger partial charge in [-0.2, -0.15) is 0 Å². The normalized spacial score (nSPS) is 31.7. The number of aromatic hydroxyl groups is 1. The number of Topliss-reactive ketones (excluding diaryl/α,β-unsaturated/α-hetero) is 4. The smallest absolute Gasteiger partial charge is 0.235 e. The molecule has 0 spiro atoms. The van der Waals surface area contributed by atoms with E-state index in [4.69, 9.17) is 5.73 Å². The van der Waals surface area contributed by atoms with Gasteiger partial charge in [0.15, 0.2) is 34.7 Å². The van der Waals surface area contributed by atoms with Crippen molar-refractivity contribution in [1.82, 2.24) is 10.2 Å². The molecule has 2 unspecified atom stereocenters. The fraction of sp³-hybridized carbons (Fsp3) is 0.577. The first-order chi connectivity index (χ1) is 17.0. The summed E-state index contributed by atoms with van der Waals surface area (Å²) in [5.41, 5.74) is 1.89. The Balaban J connectivity index is 1.81. The van der Waals surface area contributed by atoms with E-state index in [9.17, 15) is 34.2 Å². The Morgan fingerprint density at radius 2 is 1.84 bits per heavy atom. The predicted molar refractivity (Wildman–Crippen MR) is 128 cm³/mol. The van der Waals surface area contributed by atoms with Crippen LogP contribution in [0, 0.1) is 29.5 Å². The maximum Gasteiger partial charge on any atom is 0.235 e. The lowest BCUT2D eigenvalue weighted by molar-refractivity contribution is -0.181. The van der Waals surface area contributed by atoms with Crippen LogP contribution in [0.1, 0.15) is 48.7 Å². The molecule has 37 heavy (non-hydrogen) atoms. The van der Waals surface area contributed by atoms with Gasteiger partial charge in [0.2, 0.25) is 5.91 Å². The monoisotopic (exact) mass is 517 g/mol. The van der Waals surface area contributed by atoms with Gasteiger partial charge in [0.05, 0.1) is 17.5 Å². The number of rotatable bonds is 4. The Kier molecular flexibility index (Phi) is 6.41. The molecule has 11 heteroatoms. The van der Waals surface area contributed by atoms with E-state index in [2.05, 4.69) is 5.32 Å². The molecule has 1 aromatic rings. The Morgan fingerprint density at radius 3 is 2.38 bits per heavy atom. The zero-order chi connectivity index (χ0) is 27.8. The first kappa shape index (κ1) is 27.0. The van der Waals surface area contributed by atoms with E-state index in [0.717, 1.165) is 6.07 Å². The number of nitrogens with zero attached hydrogens (tertiary/aromatic N) is 1. The number of hydrogen-bond donors (Lipinski definition) is 4. The van der Waals surface area contributed by atoms with Crippen LogP contribution in [0.5, 0.6) is 5.75 Å². The standard InChI is InChI=1S/C26H32FN3O7/c1-25(2,3)29-9-11-8-14(31)16-12(18(11)27)6-10-7-13-19(30(4)5)21(33)17(24(28)36)23(35)26(13,37)22(34)15(10)20(16)32/h8,10,13,15,17,19,29,31,37H,6-7,9H2,1-5H3,(H2,28,36)/t10-,13-,15?,17?,19-,26-/m0/s1. The molecule has 2 fully saturated rings. The van der Waals surface area contributed by atoms with Crippen LogP contribution in [-0.2, 0) is 32.1 Å². The first-order valence-electron chi connectivity index (χ1n) is 12.1. The number of primary amides is 1. The number of phenolic OH excluding ortho intramolecular Hbond substituents is 1. The number of nitrogens with two attached hydrogens (primary N) is 1. The van der Waals surface area contributed by atoms with Gasteiger partial charge in [-0.1, -0.05) is 0 Å². The van der Waals surface area contributed by atoms with Crippen LogP contribution in [0.2, 0.25) is 0 Å². The number of carbonyl (C=O) groups is 5. The van der Waals surface area contributed by atoms with E-state index in [0.29, 0.717) is 0 Å². The van der Waals surface area contributed by atoms with Crippen molar-refractivity contribution in [1.29, 1.82) is 0 Å². The van der Waals surface area contributed by atoms with Crippen molar-refractivity contribution in [2.75, 3.05) is 14.1 Å². The molecule has 10 nitrogen and oxygen atoms in total. The third-order valence-corrected chi connectivity index (χ3v) is 7.88. The lowest BCUT2D eigenvalue weighted by Gasteiger charge is -2.52. The number of benzene rings is 1. The third-order valence-electron chi connectivity index (χ3n) is 7.88. The molecule has 0 radical (unpaired) electrons. The van der Waals surface area contributed by atoms with Crippen molar-refractivity contribution >= 4 is 29.0 Å². The number of likely N-dealkylation sites (N-methyl/N-ethyl adjacent to an activating group) is 1. The third kappa shape index (κ3) is 4.00. The highest BCUT2D eigenvalue weighted by atomic mass is 19.1. The second-order valence-electron chi connectivity index (χ2n) is 11.6. The fourth-order valence-electron chi connectivity index (χ4n) is 6.20. The molecule has 3 aliphatic rings. The number of halogens is 1. The molecular formula is C26H32FN3O7. The molecule has 1 aromatic carbocycles. The quantitative estimate of drug-likeness (QED) is 0.399. The Bertz CT molecular complexity index is 1240. The van der Waals surface area contributed by atoms with Crippen molar-refractivity contribution in [2.24, 2.45) is 29.4 Å². The summed E-state index contributed by atoms with van der Waals surface area (Å²) in [7, 11) is 3.00. The molecule has 1 amide bonds. The van der Waals surface area contributed by atoms with Crippen LogP contribution in [0.15, 0.2) is 6.07 Å². The number of carbonyl (C=O) groups excluding carboxylic acids is 5. The zero-order valence-electron chi connectivity index (χ0n) is 21.4. The summed E-state index contributed by atoms with van der Waals surface area (Å²) in [6.45, 7) is 5.76. The minimum absolute atomic E-state index is 0.0416. The van der Waals surface area contributed by atoms with Crippen molar-refractivity contribution < 1.29 is 38.6 Å². The number of fused-ring (bicyclic) bond motifs is 3. The van der Waals surface area contributed by atoms with Crippen LogP contribution in [0.4, 0.5) is 4.39 Å². The topological polar surface area (TPSA) is 167 Å². The molecule has 5 N–H and O–H groups in total. The number of hydrogen-bond acceptors (Lipinski definition) is 9. The lowest BCUT2D eigenvalue weighted by atomic mass is 9.52. The van der Waals surface area contributed by atoms with E-state index < -0.39 is 75.9 Å². The van der Waals surface area contributed by atoms with Crippen LogP contribution < -0.4 is 11.1 Å². The van der Waals surface area contributed by atoms with Gasteiger partial charge in [-0.25, -0.2) is 4.39 Å². The molecular weight excluding hydrogens is 485 g/mol. The van der Waals surface area contributed by atoms with E-state index >= 15 is 4.39 Å². The fourth-order valence-corrected chi connectivity index (χ4v) is 6.20. The van der Waals surface area contributed by atoms with Crippen molar-refractivity contribution in [3.63, 3.8) is 0 Å². The molecule has 2 saturated carbocycles.